The second kappa shape index (κ2) is 8.46. The first-order valence-corrected chi connectivity index (χ1v) is 11.6. The van der Waals surface area contributed by atoms with Gasteiger partial charge in [0.15, 0.2) is 0 Å². The number of halogens is 1. The van der Waals surface area contributed by atoms with E-state index in [1.54, 1.807) is 12.1 Å². The highest BCUT2D eigenvalue weighted by Gasteiger charge is 2.24. The van der Waals surface area contributed by atoms with Crippen molar-refractivity contribution < 1.29 is 8.42 Å². The number of hydrogen-bond donors (Lipinski definition) is 1. The Hall–Kier alpha value is -2.89. The lowest BCUT2D eigenvalue weighted by Crippen LogP contribution is -2.09. The molecule has 4 nitrogen and oxygen atoms in total. The summed E-state index contributed by atoms with van der Waals surface area (Å²) in [6.07, 6.45) is 2.29. The van der Waals surface area contributed by atoms with Gasteiger partial charge in [-0.25, -0.2) is 8.42 Å². The molecule has 152 valence electrons. The number of anilines is 1. The number of fused-ring (bicyclic) bond motifs is 1. The normalized spacial score (nSPS) is 11.5. The Morgan fingerprint density at radius 2 is 1.67 bits per heavy atom. The Morgan fingerprint density at radius 1 is 0.933 bits per heavy atom. The van der Waals surface area contributed by atoms with Crippen LogP contribution in [0.3, 0.4) is 0 Å². The summed E-state index contributed by atoms with van der Waals surface area (Å²) in [6.45, 7) is 2.57. The second-order valence-electron chi connectivity index (χ2n) is 7.00. The number of aryl methyl sites for hydroxylation is 1. The van der Waals surface area contributed by atoms with Crippen molar-refractivity contribution >= 4 is 38.0 Å². The monoisotopic (exact) mass is 436 g/mol. The molecule has 6 heteroatoms. The van der Waals surface area contributed by atoms with Crippen molar-refractivity contribution in [3.8, 4) is 0 Å². The van der Waals surface area contributed by atoms with Crippen molar-refractivity contribution in [2.24, 2.45) is 0 Å². The van der Waals surface area contributed by atoms with Gasteiger partial charge in [-0.1, -0.05) is 54.9 Å². The maximum absolute atomic E-state index is 13.5. The molecule has 1 N–H and O–H groups in total. The fourth-order valence-electron chi connectivity index (χ4n) is 3.35. The molecule has 0 atom stereocenters. The van der Waals surface area contributed by atoms with E-state index in [9.17, 15) is 8.42 Å². The molecular weight excluding hydrogens is 416 g/mol. The molecule has 0 saturated carbocycles. The Balaban J connectivity index is 1.88. The van der Waals surface area contributed by atoms with E-state index < -0.39 is 9.84 Å². The first-order valence-electron chi connectivity index (χ1n) is 9.69. The predicted molar refractivity (Wildman–Crippen MR) is 122 cm³/mol. The van der Waals surface area contributed by atoms with Crippen LogP contribution in [0.2, 0.25) is 5.02 Å². The van der Waals surface area contributed by atoms with Gasteiger partial charge in [-0.05, 0) is 53.9 Å². The van der Waals surface area contributed by atoms with Gasteiger partial charge in [-0.2, -0.15) is 0 Å². The number of hydrogen-bond acceptors (Lipinski definition) is 4. The van der Waals surface area contributed by atoms with Crippen LogP contribution in [0.25, 0.3) is 10.9 Å². The number of pyridine rings is 1. The molecule has 0 unspecified atom stereocenters. The van der Waals surface area contributed by atoms with Crippen molar-refractivity contribution in [1.82, 2.24) is 4.98 Å². The molecule has 0 bridgehead atoms. The average molecular weight is 437 g/mol. The minimum atomic E-state index is -3.79. The largest absolute Gasteiger partial charge is 0.379 e. The molecule has 0 spiro atoms. The summed E-state index contributed by atoms with van der Waals surface area (Å²) in [7, 11) is -3.79. The number of benzene rings is 3. The molecular formula is C24H21ClN2O2S. The zero-order valence-corrected chi connectivity index (χ0v) is 18.0. The first-order chi connectivity index (χ1) is 14.5. The summed E-state index contributed by atoms with van der Waals surface area (Å²) in [5, 5.41) is 4.64. The van der Waals surface area contributed by atoms with E-state index in [4.69, 9.17) is 11.6 Å². The maximum atomic E-state index is 13.5. The van der Waals surface area contributed by atoms with Crippen LogP contribution in [0.4, 0.5) is 5.69 Å². The molecule has 4 rings (SSSR count). The Kier molecular flexibility index (Phi) is 5.75. The molecule has 0 aliphatic heterocycles. The maximum Gasteiger partial charge on any atom is 0.210 e. The summed E-state index contributed by atoms with van der Waals surface area (Å²) in [5.41, 5.74) is 3.49. The quantitative estimate of drug-likeness (QED) is 0.409. The second-order valence-corrected chi connectivity index (χ2v) is 9.35. The van der Waals surface area contributed by atoms with Gasteiger partial charge in [-0.3, -0.25) is 4.98 Å². The van der Waals surface area contributed by atoms with E-state index in [1.807, 2.05) is 48.5 Å². The van der Waals surface area contributed by atoms with Crippen LogP contribution in [0.1, 0.15) is 18.1 Å². The molecule has 0 amide bonds. The van der Waals surface area contributed by atoms with Crippen LogP contribution >= 0.6 is 11.6 Å². The fourth-order valence-corrected chi connectivity index (χ4v) is 4.87. The van der Waals surface area contributed by atoms with E-state index in [1.165, 1.54) is 18.3 Å². The molecule has 0 fully saturated rings. The molecule has 3 aromatic carbocycles. The molecule has 1 aromatic heterocycles. The van der Waals surface area contributed by atoms with Crippen LogP contribution in [0.5, 0.6) is 0 Å². The van der Waals surface area contributed by atoms with Crippen LogP contribution in [0, 0.1) is 0 Å². The van der Waals surface area contributed by atoms with Crippen molar-refractivity contribution in [3.05, 3.63) is 95.1 Å². The predicted octanol–water partition coefficient (Wildman–Crippen LogP) is 5.90. The van der Waals surface area contributed by atoms with Crippen molar-refractivity contribution in [2.75, 3.05) is 5.32 Å². The zero-order chi connectivity index (χ0) is 21.1. The zero-order valence-electron chi connectivity index (χ0n) is 16.5. The summed E-state index contributed by atoms with van der Waals surface area (Å²) >= 11 is 5.95. The third kappa shape index (κ3) is 4.04. The van der Waals surface area contributed by atoms with E-state index in [2.05, 4.69) is 17.2 Å². The third-order valence-electron chi connectivity index (χ3n) is 5.03. The minimum Gasteiger partial charge on any atom is -0.379 e. The first kappa shape index (κ1) is 20.4. The number of nitrogens with one attached hydrogen (secondary N) is 1. The van der Waals surface area contributed by atoms with Gasteiger partial charge in [0.1, 0.15) is 4.90 Å². The fraction of sp³-hybridized carbons (Fsp3) is 0.125. The standard InChI is InChI=1S/C24H21ClN2O2S/c1-2-17-8-13-22-21(14-17)24(27-15-18-6-4-3-5-7-18)23(16-26-22)30(28,29)20-11-9-19(25)10-12-20/h3-14,16H,2,15H2,1H3,(H,26,27). The van der Waals surface area contributed by atoms with E-state index >= 15 is 0 Å². The van der Waals surface area contributed by atoms with Gasteiger partial charge in [0.2, 0.25) is 9.84 Å². The summed E-state index contributed by atoms with van der Waals surface area (Å²) < 4.78 is 26.9. The minimum absolute atomic E-state index is 0.154. The number of nitrogens with zero attached hydrogens (tertiary/aromatic N) is 1. The van der Waals surface area contributed by atoms with Crippen LogP contribution < -0.4 is 5.32 Å². The van der Waals surface area contributed by atoms with Crippen LogP contribution in [-0.4, -0.2) is 13.4 Å². The molecule has 0 aliphatic rings. The van der Waals surface area contributed by atoms with Crippen molar-refractivity contribution in [3.63, 3.8) is 0 Å². The Bertz CT molecular complexity index is 1290. The van der Waals surface area contributed by atoms with Gasteiger partial charge in [0, 0.05) is 23.2 Å². The van der Waals surface area contributed by atoms with E-state index in [-0.39, 0.29) is 9.79 Å². The van der Waals surface area contributed by atoms with E-state index in [0.717, 1.165) is 28.5 Å². The molecule has 4 aromatic rings. The highest BCUT2D eigenvalue weighted by molar-refractivity contribution is 7.91. The van der Waals surface area contributed by atoms with Gasteiger partial charge in [0.25, 0.3) is 0 Å². The van der Waals surface area contributed by atoms with Gasteiger partial charge >= 0.3 is 0 Å². The number of rotatable bonds is 6. The van der Waals surface area contributed by atoms with Crippen molar-refractivity contribution in [2.45, 2.75) is 29.7 Å². The molecule has 0 saturated heterocycles. The number of sulfone groups is 1. The highest BCUT2D eigenvalue weighted by Crippen LogP contribution is 2.34. The van der Waals surface area contributed by atoms with Gasteiger partial charge in [-0.15, -0.1) is 0 Å². The summed E-state index contributed by atoms with van der Waals surface area (Å²) in [5.74, 6) is 0. The lowest BCUT2D eigenvalue weighted by molar-refractivity contribution is 0.596. The van der Waals surface area contributed by atoms with Crippen LogP contribution in [0.15, 0.2) is 88.8 Å². The Labute approximate surface area is 181 Å². The smallest absolute Gasteiger partial charge is 0.210 e. The van der Waals surface area contributed by atoms with Gasteiger partial charge in [0.05, 0.1) is 16.1 Å². The lowest BCUT2D eigenvalue weighted by atomic mass is 10.1. The SMILES string of the molecule is CCc1ccc2ncc(S(=O)(=O)c3ccc(Cl)cc3)c(NCc3ccccc3)c2c1. The van der Waals surface area contributed by atoms with Crippen LogP contribution in [-0.2, 0) is 22.8 Å². The Morgan fingerprint density at radius 3 is 2.37 bits per heavy atom. The molecule has 30 heavy (non-hydrogen) atoms. The topological polar surface area (TPSA) is 59.1 Å². The summed E-state index contributed by atoms with van der Waals surface area (Å²) in [6, 6.07) is 22.0. The van der Waals surface area contributed by atoms with Crippen molar-refractivity contribution in [1.29, 1.82) is 0 Å². The lowest BCUT2D eigenvalue weighted by Gasteiger charge is -2.16. The highest BCUT2D eigenvalue weighted by atomic mass is 35.5. The molecule has 0 radical (unpaired) electrons. The summed E-state index contributed by atoms with van der Waals surface area (Å²) in [4.78, 5) is 4.77. The average Bonchev–Trinajstić information content (AvgIpc) is 2.77. The number of aromatic nitrogens is 1. The third-order valence-corrected chi connectivity index (χ3v) is 7.06. The van der Waals surface area contributed by atoms with Gasteiger partial charge < -0.3 is 5.32 Å². The molecule has 0 aliphatic carbocycles. The van der Waals surface area contributed by atoms with E-state index in [0.29, 0.717) is 17.3 Å². The molecule has 1 heterocycles.